The molecule has 0 radical (unpaired) electrons. The van der Waals surface area contributed by atoms with Crippen LogP contribution in [0.3, 0.4) is 0 Å². The zero-order valence-corrected chi connectivity index (χ0v) is 15.2. The maximum absolute atomic E-state index is 10.3. The van der Waals surface area contributed by atoms with Gasteiger partial charge in [0.1, 0.15) is 5.76 Å². The molecule has 0 amide bonds. The van der Waals surface area contributed by atoms with Crippen LogP contribution in [0, 0.1) is 0 Å². The van der Waals surface area contributed by atoms with E-state index in [1.165, 1.54) is 0 Å². The van der Waals surface area contributed by atoms with E-state index in [0.717, 1.165) is 51.4 Å². The van der Waals surface area contributed by atoms with Gasteiger partial charge in [-0.05, 0) is 49.6 Å². The van der Waals surface area contributed by atoms with Gasteiger partial charge in [0.05, 0.1) is 0 Å². The van der Waals surface area contributed by atoms with E-state index >= 15 is 0 Å². The second-order valence-electron chi connectivity index (χ2n) is 5.71. The Morgan fingerprint density at radius 1 is 0.920 bits per heavy atom. The van der Waals surface area contributed by atoms with Crippen LogP contribution in [0.1, 0.15) is 71.1 Å². The molecule has 0 aliphatic rings. The Morgan fingerprint density at radius 2 is 1.72 bits per heavy atom. The summed E-state index contributed by atoms with van der Waals surface area (Å²) in [7, 11) is 0. The molecule has 0 rings (SSSR count). The van der Waals surface area contributed by atoms with E-state index < -0.39 is 5.97 Å². The number of aliphatic carboxylic acids is 1. The molecule has 0 fully saturated rings. The summed E-state index contributed by atoms with van der Waals surface area (Å²) in [5, 5.41) is 20.7. The van der Waals surface area contributed by atoms with Gasteiger partial charge in [-0.15, -0.1) is 0 Å². The van der Waals surface area contributed by atoms with Gasteiger partial charge in [-0.1, -0.05) is 56.2 Å². The molecule has 0 unspecified atom stereocenters. The number of rotatable bonds is 16. The maximum Gasteiger partial charge on any atom is 0.303 e. The Hall–Kier alpha value is -1.85. The summed E-state index contributed by atoms with van der Waals surface area (Å²) in [5.74, 6) is -0.0651. The van der Waals surface area contributed by atoms with Crippen molar-refractivity contribution in [3.8, 4) is 0 Å². The molecule has 0 heterocycles. The summed E-state index contributed by atoms with van der Waals surface area (Å²) in [6.07, 6.45) is 22.5. The average molecular weight is 352 g/mol. The van der Waals surface area contributed by atoms with Gasteiger partial charge in [0, 0.05) is 12.8 Å². The number of unbranched alkanes of at least 4 members (excludes halogenated alkanes) is 4. The quantitative estimate of drug-likeness (QED) is 0.0894. The fourth-order valence-electron chi connectivity index (χ4n) is 2.11. The van der Waals surface area contributed by atoms with E-state index in [2.05, 4.69) is 24.1 Å². The molecule has 0 aromatic rings. The van der Waals surface area contributed by atoms with Crippen LogP contribution in [0.15, 0.2) is 48.3 Å². The van der Waals surface area contributed by atoms with E-state index in [0.29, 0.717) is 12.2 Å². The van der Waals surface area contributed by atoms with E-state index in [4.69, 9.17) is 15.3 Å². The van der Waals surface area contributed by atoms with Crippen molar-refractivity contribution in [1.82, 2.24) is 0 Å². The smallest absolute Gasteiger partial charge is 0.303 e. The van der Waals surface area contributed by atoms with Gasteiger partial charge in [0.15, 0.2) is 0 Å². The van der Waals surface area contributed by atoms with E-state index in [9.17, 15) is 4.79 Å². The molecule has 0 saturated carbocycles. The Morgan fingerprint density at radius 3 is 2.44 bits per heavy atom. The van der Waals surface area contributed by atoms with Crippen LogP contribution < -0.4 is 0 Å². The van der Waals surface area contributed by atoms with Crippen LogP contribution in [-0.4, -0.2) is 16.3 Å². The topological polar surface area (TPSA) is 76.0 Å². The molecule has 0 aliphatic carbocycles. The van der Waals surface area contributed by atoms with E-state index in [-0.39, 0.29) is 6.42 Å². The van der Waals surface area contributed by atoms with Crippen molar-refractivity contribution < 1.29 is 25.1 Å². The molecule has 0 aromatic heterocycles. The van der Waals surface area contributed by atoms with E-state index in [1.807, 2.05) is 30.4 Å². The van der Waals surface area contributed by atoms with Gasteiger partial charge in [-0.25, -0.2) is 5.26 Å². The third kappa shape index (κ3) is 18.3. The predicted molar refractivity (Wildman–Crippen MR) is 99.8 cm³/mol. The van der Waals surface area contributed by atoms with Crippen molar-refractivity contribution >= 4 is 5.97 Å². The largest absolute Gasteiger partial charge is 0.481 e. The second-order valence-corrected chi connectivity index (χ2v) is 5.71. The Kier molecular flexibility index (Phi) is 17.1. The van der Waals surface area contributed by atoms with Gasteiger partial charge >= 0.3 is 5.97 Å². The van der Waals surface area contributed by atoms with Gasteiger partial charge in [0.2, 0.25) is 0 Å². The molecule has 0 aliphatic heterocycles. The lowest BCUT2D eigenvalue weighted by Crippen LogP contribution is -1.92. The summed E-state index contributed by atoms with van der Waals surface area (Å²) >= 11 is 0. The molecule has 0 bridgehead atoms. The Bertz CT molecular complexity index is 435. The normalized spacial score (nSPS) is 12.6. The lowest BCUT2D eigenvalue weighted by atomic mass is 10.1. The van der Waals surface area contributed by atoms with Crippen molar-refractivity contribution in [2.45, 2.75) is 71.1 Å². The van der Waals surface area contributed by atoms with Gasteiger partial charge in [0.25, 0.3) is 0 Å². The fraction of sp³-hybridized carbons (Fsp3) is 0.550. The standard InChI is InChI=1S/C20H32O5/c1-2-3-13-16-19(24-25-23)17-14-11-9-7-5-4-6-8-10-12-15-18-20(21)22/h4-5,7-10,17,23H,2-3,6,11-16,18H2,1H3,(H,21,22). The van der Waals surface area contributed by atoms with E-state index in [1.54, 1.807) is 0 Å². The number of carbonyl (C=O) groups is 1. The number of carboxylic acid groups (broad SMARTS) is 1. The number of allylic oxidation sites excluding steroid dienone is 8. The van der Waals surface area contributed by atoms with Crippen LogP contribution in [0.5, 0.6) is 0 Å². The SMILES string of the molecule is CCCCCC(=CCCC=CC=CCC=CCCCC(=O)O)OOO. The predicted octanol–water partition coefficient (Wildman–Crippen LogP) is 5.97. The lowest BCUT2D eigenvalue weighted by Gasteiger charge is -2.04. The molecule has 142 valence electrons. The van der Waals surface area contributed by atoms with Crippen molar-refractivity contribution in [3.63, 3.8) is 0 Å². The highest BCUT2D eigenvalue weighted by atomic mass is 17.5. The summed E-state index contributed by atoms with van der Waals surface area (Å²) in [4.78, 5) is 15.1. The molecule has 0 spiro atoms. The average Bonchev–Trinajstić information content (AvgIpc) is 2.58. The highest BCUT2D eigenvalue weighted by Gasteiger charge is 1.99. The van der Waals surface area contributed by atoms with Crippen LogP contribution in [0.25, 0.3) is 0 Å². The maximum atomic E-state index is 10.3. The first-order valence-electron chi connectivity index (χ1n) is 9.06. The zero-order valence-electron chi connectivity index (χ0n) is 15.2. The molecule has 0 aromatic carbocycles. The molecule has 0 atom stereocenters. The first-order valence-corrected chi connectivity index (χ1v) is 9.06. The summed E-state index contributed by atoms with van der Waals surface area (Å²) in [6, 6.07) is 0. The molecule has 0 saturated heterocycles. The van der Waals surface area contributed by atoms with Crippen molar-refractivity contribution in [2.75, 3.05) is 0 Å². The monoisotopic (exact) mass is 352 g/mol. The third-order valence-corrected chi connectivity index (χ3v) is 3.46. The van der Waals surface area contributed by atoms with Crippen LogP contribution in [0.2, 0.25) is 0 Å². The van der Waals surface area contributed by atoms with Gasteiger partial charge < -0.3 is 9.99 Å². The summed E-state index contributed by atoms with van der Waals surface area (Å²) < 4.78 is 0. The summed E-state index contributed by atoms with van der Waals surface area (Å²) in [5.41, 5.74) is 0. The van der Waals surface area contributed by atoms with Crippen LogP contribution in [-0.2, 0) is 14.7 Å². The number of hydrogen-bond donors (Lipinski definition) is 2. The molecule has 5 heteroatoms. The van der Waals surface area contributed by atoms with Crippen LogP contribution in [0.4, 0.5) is 0 Å². The minimum atomic E-state index is -0.739. The minimum Gasteiger partial charge on any atom is -0.481 e. The van der Waals surface area contributed by atoms with Gasteiger partial charge in [-0.3, -0.25) is 4.79 Å². The Balaban J connectivity index is 3.78. The molecule has 5 nitrogen and oxygen atoms in total. The fourth-order valence-corrected chi connectivity index (χ4v) is 2.11. The minimum absolute atomic E-state index is 0.229. The molecular formula is C20H32O5. The summed E-state index contributed by atoms with van der Waals surface area (Å²) in [6.45, 7) is 2.14. The molecule has 25 heavy (non-hydrogen) atoms. The zero-order chi connectivity index (χ0) is 18.6. The first kappa shape index (κ1) is 23.1. The number of carboxylic acids is 1. The lowest BCUT2D eigenvalue weighted by molar-refractivity contribution is -0.473. The third-order valence-electron chi connectivity index (χ3n) is 3.46. The van der Waals surface area contributed by atoms with Crippen molar-refractivity contribution in [3.05, 3.63) is 48.3 Å². The van der Waals surface area contributed by atoms with Gasteiger partial charge in [-0.2, -0.15) is 0 Å². The number of hydrogen-bond acceptors (Lipinski definition) is 4. The van der Waals surface area contributed by atoms with Crippen molar-refractivity contribution in [1.29, 1.82) is 0 Å². The second kappa shape index (κ2) is 18.5. The van der Waals surface area contributed by atoms with Crippen molar-refractivity contribution in [2.24, 2.45) is 0 Å². The first-order chi connectivity index (χ1) is 12.2. The molecule has 2 N–H and O–H groups in total. The Labute approximate surface area is 151 Å². The van der Waals surface area contributed by atoms with Crippen LogP contribution >= 0.6 is 0 Å². The highest BCUT2D eigenvalue weighted by Crippen LogP contribution is 2.12. The molecular weight excluding hydrogens is 320 g/mol. The highest BCUT2D eigenvalue weighted by molar-refractivity contribution is 5.66.